The van der Waals surface area contributed by atoms with E-state index in [1.54, 1.807) is 13.8 Å². The first-order valence-electron chi connectivity index (χ1n) is 5.72. The van der Waals surface area contributed by atoms with Gasteiger partial charge >= 0.3 is 12.1 Å². The zero-order valence-electron chi connectivity index (χ0n) is 11.1. The molecule has 2 N–H and O–H groups in total. The van der Waals surface area contributed by atoms with E-state index in [1.807, 2.05) is 0 Å². The van der Waals surface area contributed by atoms with E-state index in [4.69, 9.17) is 14.0 Å². The number of alkyl carbamates (subject to hydrolysis) is 1. The highest BCUT2D eigenvalue weighted by Gasteiger charge is 2.16. The number of hydrogen-bond donors (Lipinski definition) is 2. The van der Waals surface area contributed by atoms with Gasteiger partial charge in [0.2, 0.25) is 6.29 Å². The molecule has 0 aliphatic carbocycles. The highest BCUT2D eigenvalue weighted by Crippen LogP contribution is 2.01. The van der Waals surface area contributed by atoms with E-state index in [2.05, 4.69) is 5.32 Å². The molecule has 0 bridgehead atoms. The number of carbonyl (C=O) groups excluding carboxylic acids is 2. The van der Waals surface area contributed by atoms with Crippen molar-refractivity contribution in [2.75, 3.05) is 12.3 Å². The van der Waals surface area contributed by atoms with Gasteiger partial charge in [-0.3, -0.25) is 9.35 Å². The molecule has 0 aliphatic heterocycles. The van der Waals surface area contributed by atoms with Crippen LogP contribution in [0.4, 0.5) is 4.79 Å². The number of carbonyl (C=O) groups is 2. The maximum absolute atomic E-state index is 11.2. The highest BCUT2D eigenvalue weighted by molar-refractivity contribution is 7.85. The van der Waals surface area contributed by atoms with Crippen molar-refractivity contribution < 1.29 is 32.0 Å². The maximum atomic E-state index is 11.2. The van der Waals surface area contributed by atoms with Crippen LogP contribution in [-0.2, 0) is 24.4 Å². The first kappa shape index (κ1) is 17.6. The summed E-state index contributed by atoms with van der Waals surface area (Å²) in [4.78, 5) is 22.4. The van der Waals surface area contributed by atoms with Crippen molar-refractivity contribution in [2.24, 2.45) is 5.92 Å². The Morgan fingerprint density at radius 1 is 1.21 bits per heavy atom. The Morgan fingerprint density at radius 2 is 1.79 bits per heavy atom. The minimum Gasteiger partial charge on any atom is -0.425 e. The predicted octanol–water partition coefficient (Wildman–Crippen LogP) is 0.536. The van der Waals surface area contributed by atoms with Crippen molar-refractivity contribution in [1.82, 2.24) is 5.32 Å². The van der Waals surface area contributed by atoms with Crippen molar-refractivity contribution in [3.05, 3.63) is 0 Å². The molecule has 9 heteroatoms. The Morgan fingerprint density at radius 3 is 2.26 bits per heavy atom. The zero-order valence-corrected chi connectivity index (χ0v) is 11.9. The number of hydrogen-bond acceptors (Lipinski definition) is 6. The molecule has 8 nitrogen and oxygen atoms in total. The van der Waals surface area contributed by atoms with Gasteiger partial charge in [0.05, 0.1) is 11.7 Å². The molecule has 112 valence electrons. The third-order valence-electron chi connectivity index (χ3n) is 1.87. The van der Waals surface area contributed by atoms with Gasteiger partial charge < -0.3 is 14.8 Å². The fourth-order valence-corrected chi connectivity index (χ4v) is 1.47. The maximum Gasteiger partial charge on any atom is 0.410 e. The summed E-state index contributed by atoms with van der Waals surface area (Å²) in [6.45, 7) is 4.69. The molecule has 0 heterocycles. The number of rotatable bonds is 7. The van der Waals surface area contributed by atoms with E-state index >= 15 is 0 Å². The van der Waals surface area contributed by atoms with E-state index in [9.17, 15) is 18.0 Å². The lowest BCUT2D eigenvalue weighted by molar-refractivity contribution is -0.168. The predicted molar refractivity (Wildman–Crippen MR) is 65.9 cm³/mol. The van der Waals surface area contributed by atoms with Crippen molar-refractivity contribution in [3.63, 3.8) is 0 Å². The zero-order chi connectivity index (χ0) is 15.1. The molecule has 0 aromatic heterocycles. The van der Waals surface area contributed by atoms with Crippen LogP contribution in [0.25, 0.3) is 0 Å². The van der Waals surface area contributed by atoms with Gasteiger partial charge in [-0.15, -0.1) is 0 Å². The fourth-order valence-electron chi connectivity index (χ4n) is 0.961. The molecule has 0 rings (SSSR count). The topological polar surface area (TPSA) is 119 Å². The Hall–Kier alpha value is -1.35. The normalized spacial score (nSPS) is 12.9. The van der Waals surface area contributed by atoms with Gasteiger partial charge in [-0.05, 0) is 6.42 Å². The number of amides is 1. The molecule has 0 fully saturated rings. The summed E-state index contributed by atoms with van der Waals surface area (Å²) < 4.78 is 38.7. The van der Waals surface area contributed by atoms with Gasteiger partial charge in [0.25, 0.3) is 10.1 Å². The number of esters is 1. The van der Waals surface area contributed by atoms with Crippen LogP contribution in [0.3, 0.4) is 0 Å². The minimum atomic E-state index is -4.03. The van der Waals surface area contributed by atoms with Gasteiger partial charge in [0.15, 0.2) is 0 Å². The molecule has 1 amide bonds. The van der Waals surface area contributed by atoms with Gasteiger partial charge in [-0.2, -0.15) is 8.42 Å². The van der Waals surface area contributed by atoms with Crippen LogP contribution < -0.4 is 5.32 Å². The summed E-state index contributed by atoms with van der Waals surface area (Å²) in [6, 6.07) is 0. The lowest BCUT2D eigenvalue weighted by atomic mass is 10.2. The van der Waals surface area contributed by atoms with Crippen molar-refractivity contribution in [1.29, 1.82) is 0 Å². The summed E-state index contributed by atoms with van der Waals surface area (Å²) in [7, 11) is -4.03. The third-order valence-corrected chi connectivity index (χ3v) is 2.68. The van der Waals surface area contributed by atoms with Crippen LogP contribution in [0.1, 0.15) is 27.2 Å². The van der Waals surface area contributed by atoms with E-state index in [-0.39, 0.29) is 18.9 Å². The van der Waals surface area contributed by atoms with Crippen LogP contribution in [0, 0.1) is 5.92 Å². The fraction of sp³-hybridized carbons (Fsp3) is 0.800. The second kappa shape index (κ2) is 7.95. The minimum absolute atomic E-state index is 0.0173. The van der Waals surface area contributed by atoms with Crippen molar-refractivity contribution >= 4 is 22.2 Å². The van der Waals surface area contributed by atoms with Gasteiger partial charge in [0.1, 0.15) is 0 Å². The first-order chi connectivity index (χ1) is 8.61. The van der Waals surface area contributed by atoms with E-state index in [1.165, 1.54) is 6.92 Å². The van der Waals surface area contributed by atoms with Crippen molar-refractivity contribution in [3.8, 4) is 0 Å². The van der Waals surface area contributed by atoms with Crippen LogP contribution in [0.2, 0.25) is 0 Å². The molecular weight excluding hydrogens is 278 g/mol. The molecule has 0 saturated carbocycles. The van der Waals surface area contributed by atoms with E-state index in [0.717, 1.165) is 0 Å². The molecule has 0 aromatic rings. The van der Waals surface area contributed by atoms with Gasteiger partial charge in [-0.25, -0.2) is 4.79 Å². The number of ether oxygens (including phenoxy) is 2. The Bertz CT molecular complexity index is 404. The van der Waals surface area contributed by atoms with Crippen LogP contribution >= 0.6 is 0 Å². The lowest BCUT2D eigenvalue weighted by Crippen LogP contribution is -2.32. The standard InChI is InChI=1S/C10H19NO7S/c1-7(2)9(12)17-8(3)18-10(13)11-5-4-6-19(14,15)16/h7-8H,4-6H2,1-3H3,(H,11,13)(H,14,15,16)/t8-/m1/s1. The largest absolute Gasteiger partial charge is 0.425 e. The molecule has 1 atom stereocenters. The second-order valence-electron chi connectivity index (χ2n) is 4.13. The molecule has 0 aromatic carbocycles. The lowest BCUT2D eigenvalue weighted by Gasteiger charge is -2.15. The molecular formula is C10H19NO7S. The summed E-state index contributed by atoms with van der Waals surface area (Å²) >= 11 is 0. The molecule has 0 unspecified atom stereocenters. The summed E-state index contributed by atoms with van der Waals surface area (Å²) in [5.41, 5.74) is 0. The van der Waals surface area contributed by atoms with Crippen molar-refractivity contribution in [2.45, 2.75) is 33.5 Å². The smallest absolute Gasteiger partial charge is 0.410 e. The molecule has 0 saturated heterocycles. The van der Waals surface area contributed by atoms with Gasteiger partial charge in [0, 0.05) is 13.5 Å². The Kier molecular flexibility index (Phi) is 7.38. The van der Waals surface area contributed by atoms with Crippen LogP contribution in [0.5, 0.6) is 0 Å². The molecule has 0 radical (unpaired) electrons. The SMILES string of the molecule is CC(C)C(=O)O[C@@H](C)OC(=O)NCCCS(=O)(=O)O. The van der Waals surface area contributed by atoms with E-state index < -0.39 is 34.2 Å². The molecule has 19 heavy (non-hydrogen) atoms. The van der Waals surface area contributed by atoms with E-state index in [0.29, 0.717) is 0 Å². The molecule has 0 aliphatic rings. The second-order valence-corrected chi connectivity index (χ2v) is 5.70. The average molecular weight is 297 g/mol. The van der Waals surface area contributed by atoms with Crippen LogP contribution in [-0.4, -0.2) is 43.6 Å². The third kappa shape index (κ3) is 10.3. The summed E-state index contributed by atoms with van der Waals surface area (Å²) in [6.07, 6.45) is -1.82. The summed E-state index contributed by atoms with van der Waals surface area (Å²) in [5, 5.41) is 2.26. The highest BCUT2D eigenvalue weighted by atomic mass is 32.2. The monoisotopic (exact) mass is 297 g/mol. The Labute approximate surface area is 112 Å². The first-order valence-corrected chi connectivity index (χ1v) is 7.33. The van der Waals surface area contributed by atoms with Crippen LogP contribution in [0.15, 0.2) is 0 Å². The average Bonchev–Trinajstić information content (AvgIpc) is 2.22. The quantitative estimate of drug-likeness (QED) is 0.304. The Balaban J connectivity index is 3.83. The molecule has 0 spiro atoms. The van der Waals surface area contributed by atoms with Gasteiger partial charge in [-0.1, -0.05) is 13.8 Å². The summed E-state index contributed by atoms with van der Waals surface area (Å²) in [5.74, 6) is -1.28. The number of nitrogens with one attached hydrogen (secondary N) is 1.